The van der Waals surface area contributed by atoms with E-state index in [0.717, 1.165) is 12.0 Å². The number of benzene rings is 1. The van der Waals surface area contributed by atoms with Crippen molar-refractivity contribution in [2.75, 3.05) is 0 Å². The number of aromatic nitrogens is 2. The average molecular weight is 347 g/mol. The fraction of sp³-hybridized carbons (Fsp3) is 0.412. The Morgan fingerprint density at radius 2 is 1.48 bits per heavy atom. The lowest BCUT2D eigenvalue weighted by atomic mass is 10.1. The van der Waals surface area contributed by atoms with Crippen LogP contribution in [0.1, 0.15) is 11.1 Å². The van der Waals surface area contributed by atoms with Gasteiger partial charge in [-0.1, -0.05) is 30.3 Å². The van der Waals surface area contributed by atoms with Crippen molar-refractivity contribution in [3.63, 3.8) is 0 Å². The van der Waals surface area contributed by atoms with Crippen molar-refractivity contribution in [3.05, 3.63) is 47.7 Å². The fourth-order valence-electron chi connectivity index (χ4n) is 2.01. The van der Waals surface area contributed by atoms with E-state index in [1.54, 1.807) is 0 Å². The van der Waals surface area contributed by atoms with Gasteiger partial charge in [-0.05, 0) is 44.8 Å². The van der Waals surface area contributed by atoms with Gasteiger partial charge in [0.25, 0.3) is 0 Å². The van der Waals surface area contributed by atoms with Crippen molar-refractivity contribution in [1.82, 2.24) is 9.97 Å². The molecule has 23 heavy (non-hydrogen) atoms. The molecule has 0 aliphatic rings. The summed E-state index contributed by atoms with van der Waals surface area (Å²) in [5, 5.41) is 0. The van der Waals surface area contributed by atoms with Crippen LogP contribution in [0.3, 0.4) is 0 Å². The van der Waals surface area contributed by atoms with Crippen LogP contribution in [0, 0.1) is 0 Å². The Hall–Kier alpha value is -1.67. The van der Waals surface area contributed by atoms with E-state index in [1.807, 2.05) is 24.4 Å². The molecule has 0 aliphatic heterocycles. The molecule has 0 saturated carbocycles. The molecule has 0 atom stereocenters. The lowest BCUT2D eigenvalue weighted by Crippen LogP contribution is -2.32. The number of nitrogens with zero attached hydrogens (tertiary/aromatic N) is 2. The van der Waals surface area contributed by atoms with Crippen LogP contribution in [0.4, 0.5) is 0 Å². The quantitative estimate of drug-likeness (QED) is 0.723. The first kappa shape index (κ1) is 17.7. The van der Waals surface area contributed by atoms with Crippen molar-refractivity contribution >= 4 is 16.6 Å². The summed E-state index contributed by atoms with van der Waals surface area (Å²) in [6.07, 6.45) is 2.60. The Bertz CT molecular complexity index is 650. The van der Waals surface area contributed by atoms with Crippen molar-refractivity contribution in [2.45, 2.75) is 45.7 Å². The summed E-state index contributed by atoms with van der Waals surface area (Å²) in [7, 11) is -3.50. The zero-order chi connectivity index (χ0) is 17.1. The van der Waals surface area contributed by atoms with Gasteiger partial charge >= 0.3 is 6.01 Å². The van der Waals surface area contributed by atoms with Gasteiger partial charge in [0.15, 0.2) is 0 Å². The summed E-state index contributed by atoms with van der Waals surface area (Å²) in [6, 6.07) is 10.7. The maximum atomic E-state index is 6.18. The van der Waals surface area contributed by atoms with E-state index in [0.29, 0.717) is 11.9 Å². The molecule has 0 saturated heterocycles. The zero-order valence-electron chi connectivity index (χ0n) is 14.9. The summed E-state index contributed by atoms with van der Waals surface area (Å²) in [4.78, 5) is 8.94. The molecule has 4 nitrogen and oxygen atoms in total. The van der Waals surface area contributed by atoms with Gasteiger partial charge in [-0.3, -0.25) is 0 Å². The third kappa shape index (κ3) is 6.15. The van der Waals surface area contributed by atoms with E-state index in [-0.39, 0.29) is 0 Å². The molecule has 124 valence electrons. The first-order valence-corrected chi connectivity index (χ1v) is 14.7. The second kappa shape index (κ2) is 6.84. The largest absolute Gasteiger partial charge is 0.531 e. The Morgan fingerprint density at radius 1 is 0.870 bits per heavy atom. The predicted molar refractivity (Wildman–Crippen MR) is 99.2 cm³/mol. The van der Waals surface area contributed by atoms with Crippen molar-refractivity contribution in [2.24, 2.45) is 0 Å². The monoisotopic (exact) mass is 346 g/mol. The highest BCUT2D eigenvalue weighted by atomic mass is 28.4. The van der Waals surface area contributed by atoms with Gasteiger partial charge in [-0.2, -0.15) is 4.98 Å². The van der Waals surface area contributed by atoms with Crippen LogP contribution >= 0.6 is 0 Å². The molecular formula is C17H26N2O2Si2. The Kier molecular flexibility index (Phi) is 5.26. The fourth-order valence-corrected chi connectivity index (χ4v) is 3.42. The van der Waals surface area contributed by atoms with Crippen LogP contribution in [0.25, 0.3) is 0 Å². The van der Waals surface area contributed by atoms with Gasteiger partial charge in [-0.15, -0.1) is 0 Å². The van der Waals surface area contributed by atoms with E-state index < -0.39 is 16.6 Å². The molecule has 1 heterocycles. The highest BCUT2D eigenvalue weighted by Crippen LogP contribution is 2.24. The third-order valence-corrected chi connectivity index (χ3v) is 4.44. The normalized spacial score (nSPS) is 12.1. The van der Waals surface area contributed by atoms with Crippen LogP contribution in [-0.4, -0.2) is 26.6 Å². The van der Waals surface area contributed by atoms with E-state index in [4.69, 9.17) is 8.85 Å². The van der Waals surface area contributed by atoms with E-state index in [1.165, 1.54) is 5.56 Å². The number of hydrogen-bond donors (Lipinski definition) is 0. The molecule has 1 aromatic carbocycles. The summed E-state index contributed by atoms with van der Waals surface area (Å²) in [5.41, 5.74) is 2.22. The van der Waals surface area contributed by atoms with Crippen LogP contribution < -0.4 is 8.85 Å². The lowest BCUT2D eigenvalue weighted by molar-refractivity contribution is 0.471. The molecule has 0 radical (unpaired) electrons. The number of rotatable bonds is 6. The topological polar surface area (TPSA) is 44.2 Å². The minimum atomic E-state index is -1.76. The van der Waals surface area contributed by atoms with Crippen molar-refractivity contribution < 1.29 is 8.85 Å². The Balaban J connectivity index is 2.32. The highest BCUT2D eigenvalue weighted by molar-refractivity contribution is 6.70. The first-order valence-electron chi connectivity index (χ1n) is 7.90. The molecule has 6 heteroatoms. The molecule has 0 spiro atoms. The predicted octanol–water partition coefficient (Wildman–Crippen LogP) is 4.49. The second-order valence-corrected chi connectivity index (χ2v) is 16.4. The van der Waals surface area contributed by atoms with Crippen molar-refractivity contribution in [1.29, 1.82) is 0 Å². The van der Waals surface area contributed by atoms with Gasteiger partial charge in [0.2, 0.25) is 22.5 Å². The van der Waals surface area contributed by atoms with Gasteiger partial charge in [0.1, 0.15) is 0 Å². The molecule has 0 amide bonds. The molecule has 1 aromatic heterocycles. The minimum absolute atomic E-state index is 0.425. The SMILES string of the molecule is C[Si](C)(C)Oc1ncc(Cc2ccccc2)c(O[Si](C)(C)C)n1. The van der Waals surface area contributed by atoms with E-state index >= 15 is 0 Å². The summed E-state index contributed by atoms with van der Waals surface area (Å²) in [5.74, 6) is 0.663. The van der Waals surface area contributed by atoms with Crippen LogP contribution in [-0.2, 0) is 6.42 Å². The standard InChI is InChI=1S/C17H26N2O2Si2/c1-22(2,3)20-16-15(12-14-10-8-7-9-11-14)13-18-17(19-16)21-23(4,5)6/h7-11,13H,12H2,1-6H3. The van der Waals surface area contributed by atoms with Gasteiger partial charge in [0, 0.05) is 18.2 Å². The molecular weight excluding hydrogens is 320 g/mol. The minimum Gasteiger partial charge on any atom is -0.531 e. The van der Waals surface area contributed by atoms with Gasteiger partial charge < -0.3 is 8.85 Å². The Labute approximate surface area is 141 Å². The summed E-state index contributed by atoms with van der Waals surface area (Å²) < 4.78 is 12.1. The highest BCUT2D eigenvalue weighted by Gasteiger charge is 2.23. The smallest absolute Gasteiger partial charge is 0.305 e. The molecule has 0 N–H and O–H groups in total. The van der Waals surface area contributed by atoms with Crippen LogP contribution in [0.2, 0.25) is 39.3 Å². The molecule has 0 bridgehead atoms. The van der Waals surface area contributed by atoms with Gasteiger partial charge in [0.05, 0.1) is 0 Å². The van der Waals surface area contributed by atoms with Crippen LogP contribution in [0.5, 0.6) is 11.9 Å². The Morgan fingerprint density at radius 3 is 2.04 bits per heavy atom. The summed E-state index contributed by atoms with van der Waals surface area (Å²) >= 11 is 0. The van der Waals surface area contributed by atoms with Gasteiger partial charge in [-0.25, -0.2) is 4.98 Å². The molecule has 2 aromatic rings. The maximum Gasteiger partial charge on any atom is 0.305 e. The van der Waals surface area contributed by atoms with Crippen molar-refractivity contribution in [3.8, 4) is 11.9 Å². The molecule has 0 unspecified atom stereocenters. The average Bonchev–Trinajstić information content (AvgIpc) is 2.39. The maximum absolute atomic E-state index is 6.18. The van der Waals surface area contributed by atoms with Crippen LogP contribution in [0.15, 0.2) is 36.5 Å². The van der Waals surface area contributed by atoms with E-state index in [9.17, 15) is 0 Å². The van der Waals surface area contributed by atoms with E-state index in [2.05, 4.69) is 61.4 Å². The summed E-state index contributed by atoms with van der Waals surface area (Å²) in [6.45, 7) is 12.8. The molecule has 0 fully saturated rings. The molecule has 2 rings (SSSR count). The number of hydrogen-bond acceptors (Lipinski definition) is 4. The molecule has 0 aliphatic carbocycles. The zero-order valence-corrected chi connectivity index (χ0v) is 16.9. The second-order valence-electron chi connectivity index (χ2n) is 7.57. The third-order valence-electron chi connectivity index (χ3n) is 2.84. The lowest BCUT2D eigenvalue weighted by Gasteiger charge is -2.22. The first-order chi connectivity index (χ1) is 10.6.